The van der Waals surface area contributed by atoms with Crippen molar-refractivity contribution in [3.8, 4) is 0 Å². The van der Waals surface area contributed by atoms with Crippen molar-refractivity contribution in [1.29, 1.82) is 0 Å². The number of nitrogens with zero attached hydrogens (tertiary/aromatic N) is 1. The Morgan fingerprint density at radius 3 is 1.29 bits per heavy atom. The van der Waals surface area contributed by atoms with Crippen LogP contribution in [0.15, 0.2) is 0 Å². The Hall–Kier alpha value is -1.19. The maximum absolute atomic E-state index is 11.3. The predicted molar refractivity (Wildman–Crippen MR) is 52.8 cm³/mol. The summed E-state index contributed by atoms with van der Waals surface area (Å²) in [5.74, 6) is -0.489. The lowest BCUT2D eigenvalue weighted by molar-refractivity contribution is -0.142. The summed E-state index contributed by atoms with van der Waals surface area (Å²) in [6.45, 7) is 7.44. The third-order valence-corrected chi connectivity index (χ3v) is 2.37. The number of rotatable bonds is 4. The van der Waals surface area contributed by atoms with Crippen molar-refractivity contribution >= 4 is 17.5 Å². The van der Waals surface area contributed by atoms with Gasteiger partial charge in [0.25, 0.3) is 0 Å². The molecule has 0 N–H and O–H groups in total. The summed E-state index contributed by atoms with van der Waals surface area (Å²) in [7, 11) is 0. The van der Waals surface area contributed by atoms with Crippen molar-refractivity contribution in [2.45, 2.75) is 46.7 Å². The van der Waals surface area contributed by atoms with Gasteiger partial charge in [0.05, 0.1) is 12.1 Å². The Morgan fingerprint density at radius 2 is 1.14 bits per heavy atom. The molecule has 0 aliphatic heterocycles. The summed E-state index contributed by atoms with van der Waals surface area (Å²) in [6, 6.07) is -1.07. The van der Waals surface area contributed by atoms with Gasteiger partial charge in [0.15, 0.2) is 11.6 Å². The molecule has 4 heteroatoms. The first-order valence-corrected chi connectivity index (χ1v) is 4.58. The summed E-state index contributed by atoms with van der Waals surface area (Å²) in [6.07, 6.45) is 0. The van der Waals surface area contributed by atoms with Crippen LogP contribution in [0.4, 0.5) is 0 Å². The Bertz CT molecular complexity index is 240. The van der Waals surface area contributed by atoms with E-state index < -0.39 is 12.1 Å². The van der Waals surface area contributed by atoms with Crippen LogP contribution in [-0.4, -0.2) is 34.5 Å². The smallest absolute Gasteiger partial charge is 0.220 e. The van der Waals surface area contributed by atoms with E-state index >= 15 is 0 Å². The minimum absolute atomic E-state index is 0.117. The molecule has 14 heavy (non-hydrogen) atoms. The number of amides is 1. The Morgan fingerprint density at radius 1 is 0.857 bits per heavy atom. The SMILES string of the molecule is CC(=O)C(C)N(C(C)=O)C(C)C(C)=O. The molecule has 0 radical (unpaired) electrons. The number of Topliss-reactive ketones (excluding diaryl/α,β-unsaturated/α-hetero) is 2. The van der Waals surface area contributed by atoms with Crippen LogP contribution in [0.3, 0.4) is 0 Å². The fourth-order valence-electron chi connectivity index (χ4n) is 1.27. The Balaban J connectivity index is 4.86. The van der Waals surface area contributed by atoms with E-state index in [9.17, 15) is 14.4 Å². The van der Waals surface area contributed by atoms with Gasteiger partial charge in [0, 0.05) is 6.92 Å². The fourth-order valence-corrected chi connectivity index (χ4v) is 1.27. The second-order valence-electron chi connectivity index (χ2n) is 3.50. The number of carbonyl (C=O) groups excluding carboxylic acids is 3. The maximum atomic E-state index is 11.3. The molecule has 0 aromatic carbocycles. The maximum Gasteiger partial charge on any atom is 0.220 e. The average Bonchev–Trinajstić information content (AvgIpc) is 2.03. The highest BCUT2D eigenvalue weighted by Crippen LogP contribution is 2.08. The Labute approximate surface area is 84.3 Å². The van der Waals surface area contributed by atoms with Crippen LogP contribution in [-0.2, 0) is 14.4 Å². The number of hydrogen-bond acceptors (Lipinski definition) is 3. The molecule has 0 spiro atoms. The molecule has 0 heterocycles. The van der Waals surface area contributed by atoms with Crippen LogP contribution in [0.25, 0.3) is 0 Å². The molecule has 2 unspecified atom stereocenters. The molecule has 0 saturated carbocycles. The van der Waals surface area contributed by atoms with Gasteiger partial charge in [0.2, 0.25) is 5.91 Å². The van der Waals surface area contributed by atoms with Crippen molar-refractivity contribution in [1.82, 2.24) is 4.90 Å². The van der Waals surface area contributed by atoms with E-state index in [-0.39, 0.29) is 17.5 Å². The molecule has 1 amide bonds. The molecule has 2 atom stereocenters. The Kier molecular flexibility index (Phi) is 4.47. The van der Waals surface area contributed by atoms with Crippen molar-refractivity contribution < 1.29 is 14.4 Å². The standard InChI is InChI=1S/C10H17NO3/c1-6(8(3)12)11(10(5)14)7(2)9(4)13/h6-7H,1-5H3. The molecule has 0 saturated heterocycles. The summed E-state index contributed by atoms with van der Waals surface area (Å²) < 4.78 is 0. The van der Waals surface area contributed by atoms with E-state index in [1.54, 1.807) is 13.8 Å². The van der Waals surface area contributed by atoms with Gasteiger partial charge in [-0.05, 0) is 27.7 Å². The van der Waals surface area contributed by atoms with Crippen LogP contribution in [0, 0.1) is 0 Å². The van der Waals surface area contributed by atoms with Crippen LogP contribution in [0.2, 0.25) is 0 Å². The van der Waals surface area contributed by atoms with E-state index in [0.717, 1.165) is 0 Å². The van der Waals surface area contributed by atoms with E-state index in [4.69, 9.17) is 0 Å². The first-order chi connectivity index (χ1) is 6.29. The van der Waals surface area contributed by atoms with Crippen LogP contribution < -0.4 is 0 Å². The quantitative estimate of drug-likeness (QED) is 0.672. The molecule has 0 aromatic heterocycles. The van der Waals surface area contributed by atoms with Gasteiger partial charge in [-0.3, -0.25) is 14.4 Å². The highest BCUT2D eigenvalue weighted by Gasteiger charge is 2.27. The van der Waals surface area contributed by atoms with Crippen molar-refractivity contribution in [2.24, 2.45) is 0 Å². The van der Waals surface area contributed by atoms with Gasteiger partial charge in [-0.25, -0.2) is 0 Å². The second kappa shape index (κ2) is 4.88. The van der Waals surface area contributed by atoms with Crippen LogP contribution in [0.5, 0.6) is 0 Å². The molecular formula is C10H17NO3. The van der Waals surface area contributed by atoms with Gasteiger partial charge in [0.1, 0.15) is 0 Å². The summed E-state index contributed by atoms with van der Waals surface area (Å²) >= 11 is 0. The van der Waals surface area contributed by atoms with Gasteiger partial charge < -0.3 is 4.90 Å². The molecule has 80 valence electrons. The van der Waals surface area contributed by atoms with Gasteiger partial charge in [-0.15, -0.1) is 0 Å². The summed E-state index contributed by atoms with van der Waals surface area (Å²) in [5, 5.41) is 0. The molecular weight excluding hydrogens is 182 g/mol. The normalized spacial score (nSPS) is 14.4. The molecule has 0 rings (SSSR count). The number of ketones is 2. The van der Waals surface area contributed by atoms with Gasteiger partial charge >= 0.3 is 0 Å². The molecule has 4 nitrogen and oxygen atoms in total. The lowest BCUT2D eigenvalue weighted by Crippen LogP contribution is -2.49. The minimum atomic E-state index is -0.536. The van der Waals surface area contributed by atoms with E-state index in [1.165, 1.54) is 25.7 Å². The second-order valence-corrected chi connectivity index (χ2v) is 3.50. The zero-order valence-electron chi connectivity index (χ0n) is 9.33. The minimum Gasteiger partial charge on any atom is -0.323 e. The molecule has 0 aliphatic carbocycles. The zero-order chi connectivity index (χ0) is 11.5. The number of hydrogen-bond donors (Lipinski definition) is 0. The highest BCUT2D eigenvalue weighted by atomic mass is 16.2. The highest BCUT2D eigenvalue weighted by molar-refractivity contribution is 5.91. The fraction of sp³-hybridized carbons (Fsp3) is 0.700. The van der Waals surface area contributed by atoms with Crippen molar-refractivity contribution in [2.75, 3.05) is 0 Å². The predicted octanol–water partition coefficient (Wildman–Crippen LogP) is 0.790. The lowest BCUT2D eigenvalue weighted by atomic mass is 10.1. The summed E-state index contributed by atoms with van der Waals surface area (Å²) in [4.78, 5) is 34.8. The number of carbonyl (C=O) groups is 3. The van der Waals surface area contributed by atoms with E-state index in [0.29, 0.717) is 0 Å². The first-order valence-electron chi connectivity index (χ1n) is 4.58. The van der Waals surface area contributed by atoms with E-state index in [2.05, 4.69) is 0 Å². The third kappa shape index (κ3) is 2.94. The molecule has 0 fully saturated rings. The zero-order valence-corrected chi connectivity index (χ0v) is 9.33. The monoisotopic (exact) mass is 199 g/mol. The van der Waals surface area contributed by atoms with Crippen LogP contribution in [0.1, 0.15) is 34.6 Å². The largest absolute Gasteiger partial charge is 0.323 e. The molecule has 0 aliphatic rings. The van der Waals surface area contributed by atoms with Crippen molar-refractivity contribution in [3.05, 3.63) is 0 Å². The topological polar surface area (TPSA) is 54.5 Å². The third-order valence-electron chi connectivity index (χ3n) is 2.37. The lowest BCUT2D eigenvalue weighted by Gasteiger charge is -2.30. The van der Waals surface area contributed by atoms with Crippen LogP contribution >= 0.6 is 0 Å². The first kappa shape index (κ1) is 12.8. The van der Waals surface area contributed by atoms with E-state index in [1.807, 2.05) is 0 Å². The molecule has 0 bridgehead atoms. The van der Waals surface area contributed by atoms with Crippen molar-refractivity contribution in [3.63, 3.8) is 0 Å². The average molecular weight is 199 g/mol. The van der Waals surface area contributed by atoms with Gasteiger partial charge in [-0.1, -0.05) is 0 Å². The molecule has 0 aromatic rings. The summed E-state index contributed by atoms with van der Waals surface area (Å²) in [5.41, 5.74) is 0. The van der Waals surface area contributed by atoms with Gasteiger partial charge in [-0.2, -0.15) is 0 Å².